The summed E-state index contributed by atoms with van der Waals surface area (Å²) in [6.07, 6.45) is 5.62. The summed E-state index contributed by atoms with van der Waals surface area (Å²) in [7, 11) is 0. The molecule has 0 bridgehead atoms. The van der Waals surface area contributed by atoms with Gasteiger partial charge in [0.25, 0.3) is 0 Å². The van der Waals surface area contributed by atoms with Crippen molar-refractivity contribution in [2.75, 3.05) is 31.1 Å². The van der Waals surface area contributed by atoms with Crippen molar-refractivity contribution in [3.63, 3.8) is 0 Å². The van der Waals surface area contributed by atoms with Gasteiger partial charge in [-0.2, -0.15) is 0 Å². The number of fused-ring (bicyclic) bond motifs is 2. The van der Waals surface area contributed by atoms with E-state index in [-0.39, 0.29) is 24.3 Å². The summed E-state index contributed by atoms with van der Waals surface area (Å²) in [4.78, 5) is 41.0. The largest absolute Gasteiger partial charge is 0.352 e. The summed E-state index contributed by atoms with van der Waals surface area (Å²) < 4.78 is 0. The number of anilines is 1. The third-order valence-electron chi connectivity index (χ3n) is 6.01. The number of carbonyl (C=O) groups excluding carboxylic acids is 2. The first-order valence-corrected chi connectivity index (χ1v) is 11.3. The SMILES string of the molecule is CC(=O)N1C=Cc2ccccc2C1CC(=O)N1CCN(c2ncnc3sccc23)CC1. The van der Waals surface area contributed by atoms with Gasteiger partial charge in [-0.05, 0) is 28.6 Å². The molecule has 2 aliphatic rings. The van der Waals surface area contributed by atoms with Gasteiger partial charge < -0.3 is 14.7 Å². The molecular weight excluding hydrogens is 410 g/mol. The van der Waals surface area contributed by atoms with E-state index in [2.05, 4.69) is 20.9 Å². The van der Waals surface area contributed by atoms with E-state index in [1.807, 2.05) is 40.6 Å². The first-order valence-electron chi connectivity index (χ1n) is 10.4. The molecule has 7 nitrogen and oxygen atoms in total. The summed E-state index contributed by atoms with van der Waals surface area (Å²) in [6, 6.07) is 9.74. The van der Waals surface area contributed by atoms with E-state index in [0.29, 0.717) is 13.1 Å². The van der Waals surface area contributed by atoms with Crippen LogP contribution in [0, 0.1) is 0 Å². The van der Waals surface area contributed by atoms with Crippen LogP contribution < -0.4 is 4.90 Å². The normalized spacial score (nSPS) is 18.4. The summed E-state index contributed by atoms with van der Waals surface area (Å²) in [5, 5.41) is 3.09. The predicted octanol–water partition coefficient (Wildman–Crippen LogP) is 3.30. The lowest BCUT2D eigenvalue weighted by atomic mass is 9.93. The number of aromatic nitrogens is 2. The monoisotopic (exact) mass is 433 g/mol. The number of carbonyl (C=O) groups is 2. The van der Waals surface area contributed by atoms with Crippen LogP contribution in [0.4, 0.5) is 5.82 Å². The third-order valence-corrected chi connectivity index (χ3v) is 6.83. The molecule has 2 amide bonds. The maximum atomic E-state index is 13.2. The summed E-state index contributed by atoms with van der Waals surface area (Å²) >= 11 is 1.61. The van der Waals surface area contributed by atoms with Gasteiger partial charge in [-0.3, -0.25) is 9.59 Å². The Labute approximate surface area is 184 Å². The van der Waals surface area contributed by atoms with Crippen LogP contribution in [-0.4, -0.2) is 57.8 Å². The quantitative estimate of drug-likeness (QED) is 0.634. The van der Waals surface area contributed by atoms with Crippen molar-refractivity contribution < 1.29 is 9.59 Å². The minimum absolute atomic E-state index is 0.0584. The van der Waals surface area contributed by atoms with Gasteiger partial charge in [-0.1, -0.05) is 24.3 Å². The lowest BCUT2D eigenvalue weighted by molar-refractivity contribution is -0.134. The second-order valence-corrected chi connectivity index (χ2v) is 8.69. The molecule has 0 N–H and O–H groups in total. The van der Waals surface area contributed by atoms with Crippen LogP contribution in [0.1, 0.15) is 30.5 Å². The lowest BCUT2D eigenvalue weighted by Gasteiger charge is -2.38. The fourth-order valence-electron chi connectivity index (χ4n) is 4.40. The van der Waals surface area contributed by atoms with Crippen molar-refractivity contribution in [1.29, 1.82) is 0 Å². The van der Waals surface area contributed by atoms with Crippen LogP contribution in [0.3, 0.4) is 0 Å². The van der Waals surface area contributed by atoms with Crippen LogP contribution >= 0.6 is 11.3 Å². The van der Waals surface area contributed by atoms with E-state index in [1.54, 1.807) is 35.7 Å². The molecule has 2 aliphatic heterocycles. The van der Waals surface area contributed by atoms with Gasteiger partial charge in [-0.25, -0.2) is 9.97 Å². The number of nitrogens with zero attached hydrogens (tertiary/aromatic N) is 5. The Morgan fingerprint density at radius 1 is 1.10 bits per heavy atom. The Morgan fingerprint density at radius 3 is 2.71 bits per heavy atom. The molecule has 3 aromatic rings. The highest BCUT2D eigenvalue weighted by Crippen LogP contribution is 2.33. The summed E-state index contributed by atoms with van der Waals surface area (Å²) in [6.45, 7) is 4.27. The second kappa shape index (κ2) is 8.11. The Balaban J connectivity index is 1.29. The highest BCUT2D eigenvalue weighted by Gasteiger charge is 2.31. The number of rotatable bonds is 3. The molecule has 2 aromatic heterocycles. The Hall–Kier alpha value is -3.26. The maximum Gasteiger partial charge on any atom is 0.225 e. The van der Waals surface area contributed by atoms with Crippen molar-refractivity contribution in [1.82, 2.24) is 19.8 Å². The van der Waals surface area contributed by atoms with Crippen LogP contribution in [0.15, 0.2) is 48.2 Å². The van der Waals surface area contributed by atoms with E-state index in [4.69, 9.17) is 0 Å². The van der Waals surface area contributed by atoms with Gasteiger partial charge in [0.1, 0.15) is 17.0 Å². The fraction of sp³-hybridized carbons (Fsp3) is 0.304. The zero-order valence-electron chi connectivity index (χ0n) is 17.3. The van der Waals surface area contributed by atoms with Gasteiger partial charge in [0.05, 0.1) is 17.8 Å². The molecule has 0 radical (unpaired) electrons. The van der Waals surface area contributed by atoms with Gasteiger partial charge in [0.15, 0.2) is 0 Å². The van der Waals surface area contributed by atoms with E-state index >= 15 is 0 Å². The molecule has 1 fully saturated rings. The van der Waals surface area contributed by atoms with E-state index in [1.165, 1.54) is 0 Å². The molecule has 1 saturated heterocycles. The first kappa shape index (κ1) is 19.7. The molecule has 0 saturated carbocycles. The van der Waals surface area contributed by atoms with E-state index in [9.17, 15) is 9.59 Å². The Morgan fingerprint density at radius 2 is 1.90 bits per heavy atom. The molecule has 1 aromatic carbocycles. The molecule has 5 rings (SSSR count). The summed E-state index contributed by atoms with van der Waals surface area (Å²) in [5.74, 6) is 0.953. The molecule has 31 heavy (non-hydrogen) atoms. The van der Waals surface area contributed by atoms with Crippen molar-refractivity contribution in [3.05, 3.63) is 59.4 Å². The molecule has 1 atom stereocenters. The van der Waals surface area contributed by atoms with Crippen LogP contribution in [-0.2, 0) is 9.59 Å². The molecular formula is C23H23N5O2S. The maximum absolute atomic E-state index is 13.2. The number of benzene rings is 1. The van der Waals surface area contributed by atoms with Gasteiger partial charge in [0.2, 0.25) is 11.8 Å². The number of piperazine rings is 1. The van der Waals surface area contributed by atoms with Crippen LogP contribution in [0.2, 0.25) is 0 Å². The van der Waals surface area contributed by atoms with E-state index in [0.717, 1.165) is 40.3 Å². The zero-order valence-corrected chi connectivity index (χ0v) is 18.1. The van der Waals surface area contributed by atoms with Crippen molar-refractivity contribution in [3.8, 4) is 0 Å². The van der Waals surface area contributed by atoms with Crippen molar-refractivity contribution >= 4 is 45.3 Å². The Bertz CT molecular complexity index is 1170. The zero-order chi connectivity index (χ0) is 21.4. The predicted molar refractivity (Wildman–Crippen MR) is 122 cm³/mol. The van der Waals surface area contributed by atoms with Gasteiger partial charge >= 0.3 is 0 Å². The number of thiophene rings is 1. The van der Waals surface area contributed by atoms with Gasteiger partial charge in [-0.15, -0.1) is 11.3 Å². The van der Waals surface area contributed by atoms with Crippen molar-refractivity contribution in [2.24, 2.45) is 0 Å². The minimum Gasteiger partial charge on any atom is -0.352 e. The minimum atomic E-state index is -0.267. The third kappa shape index (κ3) is 3.67. The number of hydrogen-bond donors (Lipinski definition) is 0. The molecule has 4 heterocycles. The number of amides is 2. The summed E-state index contributed by atoms with van der Waals surface area (Å²) in [5.41, 5.74) is 2.08. The second-order valence-electron chi connectivity index (χ2n) is 7.80. The fourth-order valence-corrected chi connectivity index (χ4v) is 5.13. The van der Waals surface area contributed by atoms with Crippen LogP contribution in [0.25, 0.3) is 16.3 Å². The standard InChI is InChI=1S/C23H23N5O2S/c1-16(29)28-8-6-17-4-2-3-5-18(17)20(28)14-21(30)26-9-11-27(12-10-26)22-19-7-13-31-23(19)25-15-24-22/h2-8,13,15,20H,9-12,14H2,1H3. The molecule has 0 spiro atoms. The smallest absolute Gasteiger partial charge is 0.225 e. The first-order chi connectivity index (χ1) is 15.1. The van der Waals surface area contributed by atoms with E-state index < -0.39 is 0 Å². The lowest BCUT2D eigenvalue weighted by Crippen LogP contribution is -2.49. The average molecular weight is 434 g/mol. The highest BCUT2D eigenvalue weighted by atomic mass is 32.1. The van der Waals surface area contributed by atoms with Crippen molar-refractivity contribution in [2.45, 2.75) is 19.4 Å². The molecule has 0 aliphatic carbocycles. The average Bonchev–Trinajstić information content (AvgIpc) is 3.28. The molecule has 8 heteroatoms. The van der Waals surface area contributed by atoms with Gasteiger partial charge in [0, 0.05) is 39.3 Å². The van der Waals surface area contributed by atoms with Crippen LogP contribution in [0.5, 0.6) is 0 Å². The molecule has 158 valence electrons. The molecule has 1 unspecified atom stereocenters. The Kier molecular flexibility index (Phi) is 5.15. The highest BCUT2D eigenvalue weighted by molar-refractivity contribution is 7.16. The number of hydrogen-bond acceptors (Lipinski definition) is 6. The topological polar surface area (TPSA) is 69.6 Å².